The summed E-state index contributed by atoms with van der Waals surface area (Å²) in [5.74, 6) is 0.674. The number of hydrogen-bond donors (Lipinski definition) is 2. The van der Waals surface area contributed by atoms with Crippen LogP contribution in [0.15, 0.2) is 22.7 Å². The summed E-state index contributed by atoms with van der Waals surface area (Å²) in [6.07, 6.45) is 0. The molecule has 0 aliphatic carbocycles. The van der Waals surface area contributed by atoms with Crippen LogP contribution in [0, 0.1) is 0 Å². The van der Waals surface area contributed by atoms with E-state index in [0.29, 0.717) is 0 Å². The quantitative estimate of drug-likeness (QED) is 0.895. The summed E-state index contributed by atoms with van der Waals surface area (Å²) in [6.45, 7) is 0. The Hall–Kier alpha value is -0.720. The van der Waals surface area contributed by atoms with Crippen LogP contribution < -0.4 is 10.1 Å². The van der Waals surface area contributed by atoms with E-state index < -0.39 is 11.3 Å². The lowest BCUT2D eigenvalue weighted by molar-refractivity contribution is -0.137. The molecular weight excluding hydrogens is 306 g/mol. The van der Waals surface area contributed by atoms with Crippen molar-refractivity contribution >= 4 is 33.7 Å². The van der Waals surface area contributed by atoms with Gasteiger partial charge in [-0.2, -0.15) is 0 Å². The number of aliphatic carboxylic acids is 1. The van der Waals surface area contributed by atoms with E-state index in [1.807, 2.05) is 18.2 Å². The topological polar surface area (TPSA) is 58.6 Å². The molecule has 92 valence electrons. The lowest BCUT2D eigenvalue weighted by atomic mass is 10.1. The molecule has 0 saturated carbocycles. The Bertz CT molecular complexity index is 441. The van der Waals surface area contributed by atoms with Crippen LogP contribution in [0.2, 0.25) is 0 Å². The Balaban J connectivity index is 2.23. The molecule has 17 heavy (non-hydrogen) atoms. The van der Waals surface area contributed by atoms with Crippen molar-refractivity contribution in [3.8, 4) is 5.75 Å². The molecule has 0 unspecified atom stereocenters. The standard InChI is InChI=1S/C11H12BrNO3S/c1-16-9-3-2-6(12)4-7(9)8-5-17-10(13-8)11(14)15/h2-4,8,10,13H,5H2,1H3,(H,14,15)/t8-,10-/m0/s1. The summed E-state index contributed by atoms with van der Waals surface area (Å²) >= 11 is 4.81. The summed E-state index contributed by atoms with van der Waals surface area (Å²) < 4.78 is 6.25. The Labute approximate surface area is 112 Å². The summed E-state index contributed by atoms with van der Waals surface area (Å²) in [4.78, 5) is 10.9. The number of carbonyl (C=O) groups is 1. The van der Waals surface area contributed by atoms with Crippen LogP contribution in [0.1, 0.15) is 11.6 Å². The van der Waals surface area contributed by atoms with Crippen molar-refractivity contribution in [2.45, 2.75) is 11.4 Å². The summed E-state index contributed by atoms with van der Waals surface area (Å²) in [5.41, 5.74) is 0.984. The first-order valence-electron chi connectivity index (χ1n) is 5.05. The van der Waals surface area contributed by atoms with Crippen LogP contribution in [0.5, 0.6) is 5.75 Å². The van der Waals surface area contributed by atoms with Crippen molar-refractivity contribution in [2.75, 3.05) is 12.9 Å². The van der Waals surface area contributed by atoms with E-state index in [9.17, 15) is 4.79 Å². The van der Waals surface area contributed by atoms with Gasteiger partial charge in [0.25, 0.3) is 0 Å². The van der Waals surface area contributed by atoms with Crippen LogP contribution in [0.4, 0.5) is 0 Å². The van der Waals surface area contributed by atoms with Crippen LogP contribution in [-0.4, -0.2) is 29.3 Å². The average Bonchev–Trinajstić information content (AvgIpc) is 2.78. The zero-order chi connectivity index (χ0) is 12.4. The Morgan fingerprint density at radius 1 is 1.65 bits per heavy atom. The maximum Gasteiger partial charge on any atom is 0.331 e. The van der Waals surface area contributed by atoms with Gasteiger partial charge >= 0.3 is 5.97 Å². The Morgan fingerprint density at radius 3 is 3.00 bits per heavy atom. The molecule has 0 radical (unpaired) electrons. The number of benzene rings is 1. The van der Waals surface area contributed by atoms with Gasteiger partial charge in [0.15, 0.2) is 5.37 Å². The lowest BCUT2D eigenvalue weighted by Gasteiger charge is -2.15. The molecule has 6 heteroatoms. The predicted molar refractivity (Wildman–Crippen MR) is 70.5 cm³/mol. The van der Waals surface area contributed by atoms with E-state index in [1.165, 1.54) is 11.8 Å². The fraction of sp³-hybridized carbons (Fsp3) is 0.364. The molecule has 1 heterocycles. The van der Waals surface area contributed by atoms with Gasteiger partial charge in [-0.05, 0) is 18.2 Å². The monoisotopic (exact) mass is 317 g/mol. The maximum atomic E-state index is 10.9. The SMILES string of the molecule is COc1ccc(Br)cc1[C@@H]1CS[C@@H](C(=O)O)N1. The van der Waals surface area contributed by atoms with Gasteiger partial charge in [-0.1, -0.05) is 15.9 Å². The minimum atomic E-state index is -0.827. The van der Waals surface area contributed by atoms with Crippen LogP contribution in [0.25, 0.3) is 0 Å². The third-order valence-electron chi connectivity index (χ3n) is 2.57. The van der Waals surface area contributed by atoms with Crippen LogP contribution in [0.3, 0.4) is 0 Å². The largest absolute Gasteiger partial charge is 0.496 e. The first kappa shape index (κ1) is 12.7. The van der Waals surface area contributed by atoms with Crippen LogP contribution >= 0.6 is 27.7 Å². The molecule has 0 spiro atoms. The number of rotatable bonds is 3. The molecule has 1 fully saturated rings. The molecule has 1 saturated heterocycles. The van der Waals surface area contributed by atoms with Crippen molar-refractivity contribution < 1.29 is 14.6 Å². The number of methoxy groups -OCH3 is 1. The molecular formula is C11H12BrNO3S. The molecule has 2 N–H and O–H groups in total. The molecule has 0 amide bonds. The summed E-state index contributed by atoms with van der Waals surface area (Å²) in [5, 5.41) is 11.5. The van der Waals surface area contributed by atoms with Gasteiger partial charge in [0.1, 0.15) is 5.75 Å². The van der Waals surface area contributed by atoms with E-state index in [-0.39, 0.29) is 6.04 Å². The molecule has 0 bridgehead atoms. The van der Waals surface area contributed by atoms with E-state index in [2.05, 4.69) is 21.2 Å². The minimum absolute atomic E-state index is 0.00792. The van der Waals surface area contributed by atoms with E-state index >= 15 is 0 Å². The van der Waals surface area contributed by atoms with Gasteiger partial charge in [0.2, 0.25) is 0 Å². The average molecular weight is 318 g/mol. The third kappa shape index (κ3) is 2.75. The van der Waals surface area contributed by atoms with Gasteiger partial charge in [-0.15, -0.1) is 11.8 Å². The Morgan fingerprint density at radius 2 is 2.41 bits per heavy atom. The third-order valence-corrected chi connectivity index (χ3v) is 4.26. The fourth-order valence-electron chi connectivity index (χ4n) is 1.77. The summed E-state index contributed by atoms with van der Waals surface area (Å²) in [6, 6.07) is 5.74. The van der Waals surface area contributed by atoms with E-state index in [1.54, 1.807) is 7.11 Å². The molecule has 1 aliphatic rings. The highest BCUT2D eigenvalue weighted by Gasteiger charge is 2.31. The highest BCUT2D eigenvalue weighted by atomic mass is 79.9. The second kappa shape index (κ2) is 5.29. The van der Waals surface area contributed by atoms with E-state index in [4.69, 9.17) is 9.84 Å². The first-order chi connectivity index (χ1) is 8.11. The van der Waals surface area contributed by atoms with Crippen molar-refractivity contribution in [1.29, 1.82) is 0 Å². The minimum Gasteiger partial charge on any atom is -0.496 e. The Kier molecular flexibility index (Phi) is 3.96. The lowest BCUT2D eigenvalue weighted by Crippen LogP contribution is -2.30. The number of hydrogen-bond acceptors (Lipinski definition) is 4. The second-order valence-electron chi connectivity index (χ2n) is 3.66. The fourth-order valence-corrected chi connectivity index (χ4v) is 3.21. The van der Waals surface area contributed by atoms with Crippen molar-refractivity contribution in [3.05, 3.63) is 28.2 Å². The van der Waals surface area contributed by atoms with Gasteiger partial charge in [-0.25, -0.2) is 4.79 Å². The second-order valence-corrected chi connectivity index (χ2v) is 5.71. The van der Waals surface area contributed by atoms with Crippen molar-refractivity contribution in [3.63, 3.8) is 0 Å². The van der Waals surface area contributed by atoms with Crippen LogP contribution in [-0.2, 0) is 4.79 Å². The smallest absolute Gasteiger partial charge is 0.331 e. The van der Waals surface area contributed by atoms with E-state index in [0.717, 1.165) is 21.5 Å². The highest BCUT2D eigenvalue weighted by Crippen LogP contribution is 2.35. The molecule has 1 aromatic carbocycles. The zero-order valence-electron chi connectivity index (χ0n) is 9.14. The normalized spacial score (nSPS) is 23.6. The molecule has 2 rings (SSSR count). The van der Waals surface area contributed by atoms with Crippen molar-refractivity contribution in [2.24, 2.45) is 0 Å². The van der Waals surface area contributed by atoms with Crippen molar-refractivity contribution in [1.82, 2.24) is 5.32 Å². The predicted octanol–water partition coefficient (Wildman–Crippen LogP) is 2.25. The number of carboxylic acids is 1. The molecule has 4 nitrogen and oxygen atoms in total. The molecule has 1 aromatic rings. The first-order valence-corrected chi connectivity index (χ1v) is 6.90. The van der Waals surface area contributed by atoms with Gasteiger partial charge in [0.05, 0.1) is 7.11 Å². The number of carboxylic acid groups (broad SMARTS) is 1. The number of halogens is 1. The number of ether oxygens (including phenoxy) is 1. The summed E-state index contributed by atoms with van der Waals surface area (Å²) in [7, 11) is 1.61. The maximum absolute atomic E-state index is 10.9. The number of nitrogens with one attached hydrogen (secondary N) is 1. The van der Waals surface area contributed by atoms with Gasteiger partial charge < -0.3 is 9.84 Å². The molecule has 0 aromatic heterocycles. The molecule has 2 atom stereocenters. The number of thioether (sulfide) groups is 1. The van der Waals surface area contributed by atoms with Gasteiger partial charge in [-0.3, -0.25) is 5.32 Å². The zero-order valence-corrected chi connectivity index (χ0v) is 11.5. The molecule has 1 aliphatic heterocycles. The van der Waals surface area contributed by atoms with Gasteiger partial charge in [0, 0.05) is 21.8 Å². The highest BCUT2D eigenvalue weighted by molar-refractivity contribution is 9.10.